The lowest BCUT2D eigenvalue weighted by atomic mass is 10.1. The summed E-state index contributed by atoms with van der Waals surface area (Å²) < 4.78 is 4.80. The summed E-state index contributed by atoms with van der Waals surface area (Å²) in [6.45, 7) is 0. The highest BCUT2D eigenvalue weighted by Gasteiger charge is 2.29. The van der Waals surface area contributed by atoms with E-state index in [0.717, 1.165) is 34.6 Å². The number of hydrazone groups is 1. The van der Waals surface area contributed by atoms with Gasteiger partial charge in [-0.3, -0.25) is 9.59 Å². The molecule has 0 aliphatic heterocycles. The van der Waals surface area contributed by atoms with Crippen LogP contribution in [-0.4, -0.2) is 31.1 Å². The lowest BCUT2D eigenvalue weighted by Crippen LogP contribution is -2.32. The summed E-state index contributed by atoms with van der Waals surface area (Å²) in [4.78, 5) is 37.8. The molecule has 0 aromatic carbocycles. The van der Waals surface area contributed by atoms with E-state index in [1.165, 1.54) is 36.0 Å². The Morgan fingerprint density at radius 3 is 2.84 bits per heavy atom. The molecule has 0 spiro atoms. The zero-order valence-corrected chi connectivity index (χ0v) is 15.0. The van der Waals surface area contributed by atoms with Gasteiger partial charge in [-0.05, 0) is 36.3 Å². The molecule has 0 saturated heterocycles. The van der Waals surface area contributed by atoms with Crippen molar-refractivity contribution in [3.63, 3.8) is 0 Å². The summed E-state index contributed by atoms with van der Waals surface area (Å²) in [7, 11) is 1.29. The Kier molecular flexibility index (Phi) is 5.25. The highest BCUT2D eigenvalue weighted by Crippen LogP contribution is 2.39. The molecule has 130 valence electrons. The first-order valence-electron chi connectivity index (χ1n) is 7.51. The second-order valence-corrected chi connectivity index (χ2v) is 7.31. The zero-order chi connectivity index (χ0) is 17.8. The molecule has 0 atom stereocenters. The second kappa shape index (κ2) is 7.58. The highest BCUT2D eigenvalue weighted by molar-refractivity contribution is 7.17. The average molecular weight is 377 g/mol. The third-order valence-electron chi connectivity index (χ3n) is 3.65. The Balaban J connectivity index is 1.68. The summed E-state index contributed by atoms with van der Waals surface area (Å²) in [5.41, 5.74) is 3.42. The van der Waals surface area contributed by atoms with Gasteiger partial charge in [0, 0.05) is 9.75 Å². The third kappa shape index (κ3) is 3.77. The van der Waals surface area contributed by atoms with E-state index in [1.54, 1.807) is 0 Å². The molecule has 0 radical (unpaired) electrons. The maximum absolute atomic E-state index is 12.1. The zero-order valence-electron chi connectivity index (χ0n) is 13.3. The maximum atomic E-state index is 12.1. The van der Waals surface area contributed by atoms with Crippen molar-refractivity contribution < 1.29 is 19.1 Å². The van der Waals surface area contributed by atoms with Crippen LogP contribution in [0.4, 0.5) is 5.00 Å². The first-order valence-corrected chi connectivity index (χ1v) is 9.20. The minimum absolute atomic E-state index is 0.346. The molecular weight excluding hydrogens is 362 g/mol. The van der Waals surface area contributed by atoms with Crippen molar-refractivity contribution in [1.29, 1.82) is 0 Å². The Hall–Kier alpha value is -2.52. The fraction of sp³-hybridized carbons (Fsp3) is 0.250. The Labute approximate surface area is 151 Å². The number of aryl methyl sites for hydroxylation is 1. The molecule has 2 aromatic heterocycles. The van der Waals surface area contributed by atoms with Gasteiger partial charge in [-0.15, -0.1) is 22.7 Å². The number of anilines is 1. The molecule has 2 aromatic rings. The molecule has 9 heteroatoms. The number of hydrogen-bond donors (Lipinski definition) is 2. The fourth-order valence-corrected chi connectivity index (χ4v) is 4.40. The lowest BCUT2D eigenvalue weighted by molar-refractivity contribution is -0.136. The van der Waals surface area contributed by atoms with Gasteiger partial charge in [-0.2, -0.15) is 5.10 Å². The summed E-state index contributed by atoms with van der Waals surface area (Å²) >= 11 is 2.77. The molecule has 0 fully saturated rings. The van der Waals surface area contributed by atoms with E-state index in [9.17, 15) is 14.4 Å². The molecule has 2 amide bonds. The van der Waals surface area contributed by atoms with Gasteiger partial charge in [0.05, 0.1) is 18.9 Å². The summed E-state index contributed by atoms with van der Waals surface area (Å²) in [6, 6.07) is 3.68. The molecule has 3 rings (SSSR count). The Bertz CT molecular complexity index is 840. The number of carbonyl (C=O) groups excluding carboxylic acids is 3. The van der Waals surface area contributed by atoms with Gasteiger partial charge >= 0.3 is 17.8 Å². The number of esters is 1. The number of nitrogens with zero attached hydrogens (tertiary/aromatic N) is 1. The van der Waals surface area contributed by atoms with Crippen LogP contribution in [0.1, 0.15) is 32.1 Å². The van der Waals surface area contributed by atoms with E-state index in [0.29, 0.717) is 10.6 Å². The summed E-state index contributed by atoms with van der Waals surface area (Å²) in [5.74, 6) is -2.29. The van der Waals surface area contributed by atoms with Gasteiger partial charge in [-0.25, -0.2) is 10.2 Å². The standard InChI is InChI=1S/C16H15N3O4S2/c1-23-16(22)12-10-5-2-6-11(10)25-15(12)18-13(20)14(21)19-17-8-9-4-3-7-24-9/h3-4,7-8H,2,5-6H2,1H3,(H,18,20)(H,19,21). The second-order valence-electron chi connectivity index (χ2n) is 5.22. The van der Waals surface area contributed by atoms with Crippen molar-refractivity contribution in [3.8, 4) is 0 Å². The van der Waals surface area contributed by atoms with Crippen molar-refractivity contribution in [2.24, 2.45) is 5.10 Å². The SMILES string of the molecule is COC(=O)c1c(NC(=O)C(=O)NN=Cc2cccs2)sc2c1CCC2. The van der Waals surface area contributed by atoms with Gasteiger partial charge in [0.15, 0.2) is 0 Å². The largest absolute Gasteiger partial charge is 0.465 e. The van der Waals surface area contributed by atoms with Crippen LogP contribution in [0.5, 0.6) is 0 Å². The number of ether oxygens (including phenoxy) is 1. The maximum Gasteiger partial charge on any atom is 0.341 e. The van der Waals surface area contributed by atoms with E-state index in [4.69, 9.17) is 4.74 Å². The molecule has 1 aliphatic carbocycles. The van der Waals surface area contributed by atoms with Crippen molar-refractivity contribution in [3.05, 3.63) is 38.4 Å². The smallest absolute Gasteiger partial charge is 0.341 e. The highest BCUT2D eigenvalue weighted by atomic mass is 32.1. The van der Waals surface area contributed by atoms with Crippen LogP contribution in [0.2, 0.25) is 0 Å². The van der Waals surface area contributed by atoms with Crippen molar-refractivity contribution >= 4 is 51.7 Å². The van der Waals surface area contributed by atoms with Gasteiger partial charge in [0.1, 0.15) is 5.00 Å². The van der Waals surface area contributed by atoms with E-state index in [2.05, 4.69) is 15.8 Å². The molecule has 1 aliphatic rings. The van der Waals surface area contributed by atoms with Crippen LogP contribution in [0.3, 0.4) is 0 Å². The van der Waals surface area contributed by atoms with Gasteiger partial charge in [0.25, 0.3) is 0 Å². The monoisotopic (exact) mass is 377 g/mol. The van der Waals surface area contributed by atoms with Crippen LogP contribution in [-0.2, 0) is 27.2 Å². The van der Waals surface area contributed by atoms with Crippen molar-refractivity contribution in [2.75, 3.05) is 12.4 Å². The van der Waals surface area contributed by atoms with Crippen LogP contribution in [0.15, 0.2) is 22.6 Å². The van der Waals surface area contributed by atoms with Gasteiger partial charge in [-0.1, -0.05) is 6.07 Å². The van der Waals surface area contributed by atoms with Crippen molar-refractivity contribution in [1.82, 2.24) is 5.43 Å². The number of rotatable bonds is 4. The van der Waals surface area contributed by atoms with E-state index >= 15 is 0 Å². The number of thiophene rings is 2. The molecule has 0 saturated carbocycles. The first-order chi connectivity index (χ1) is 12.1. The van der Waals surface area contributed by atoms with Crippen LogP contribution in [0, 0.1) is 0 Å². The van der Waals surface area contributed by atoms with Crippen LogP contribution < -0.4 is 10.7 Å². The molecule has 7 nitrogen and oxygen atoms in total. The normalized spacial score (nSPS) is 12.8. The number of nitrogens with one attached hydrogen (secondary N) is 2. The minimum Gasteiger partial charge on any atom is -0.465 e. The van der Waals surface area contributed by atoms with Crippen molar-refractivity contribution in [2.45, 2.75) is 19.3 Å². The van der Waals surface area contributed by atoms with Crippen LogP contribution >= 0.6 is 22.7 Å². The van der Waals surface area contributed by atoms with Gasteiger partial charge in [0.2, 0.25) is 0 Å². The number of fused-ring (bicyclic) bond motifs is 1. The molecule has 2 heterocycles. The van der Waals surface area contributed by atoms with Gasteiger partial charge < -0.3 is 10.1 Å². The third-order valence-corrected chi connectivity index (χ3v) is 5.66. The van der Waals surface area contributed by atoms with E-state index < -0.39 is 17.8 Å². The first kappa shape index (κ1) is 17.3. The summed E-state index contributed by atoms with van der Waals surface area (Å²) in [5, 5.41) is 8.45. The predicted molar refractivity (Wildman–Crippen MR) is 96.4 cm³/mol. The minimum atomic E-state index is -0.905. The summed E-state index contributed by atoms with van der Waals surface area (Å²) in [6.07, 6.45) is 4.05. The van der Waals surface area contributed by atoms with E-state index in [-0.39, 0.29) is 0 Å². The number of hydrogen-bond acceptors (Lipinski definition) is 7. The average Bonchev–Trinajstić information content (AvgIpc) is 3.31. The fourth-order valence-electron chi connectivity index (χ4n) is 2.54. The quantitative estimate of drug-likeness (QED) is 0.369. The number of amides is 2. The molecule has 2 N–H and O–H groups in total. The number of carbonyl (C=O) groups is 3. The Morgan fingerprint density at radius 2 is 2.12 bits per heavy atom. The molecule has 25 heavy (non-hydrogen) atoms. The van der Waals surface area contributed by atoms with Crippen LogP contribution in [0.25, 0.3) is 0 Å². The van der Waals surface area contributed by atoms with E-state index in [1.807, 2.05) is 17.5 Å². The predicted octanol–water partition coefficient (Wildman–Crippen LogP) is 2.17. The Morgan fingerprint density at radius 1 is 1.28 bits per heavy atom. The number of methoxy groups -OCH3 is 1. The lowest BCUT2D eigenvalue weighted by Gasteiger charge is -2.06. The molecule has 0 unspecified atom stereocenters. The molecular formula is C16H15N3O4S2. The topological polar surface area (TPSA) is 96.9 Å². The molecule has 0 bridgehead atoms.